The molecule has 2 heterocycles. The molecule has 0 saturated heterocycles. The van der Waals surface area contributed by atoms with E-state index in [9.17, 15) is 9.59 Å². The molecule has 0 radical (unpaired) electrons. The molecule has 3 rings (SSSR count). The Kier molecular flexibility index (Phi) is 6.12. The summed E-state index contributed by atoms with van der Waals surface area (Å²) >= 11 is 3.02. The summed E-state index contributed by atoms with van der Waals surface area (Å²) in [6, 6.07) is 8.00. The lowest BCUT2D eigenvalue weighted by Gasteiger charge is -2.22. The van der Waals surface area contributed by atoms with Crippen LogP contribution in [0.1, 0.15) is 38.8 Å². The fraction of sp³-hybridized carbons (Fsp3) is 0.350. The van der Waals surface area contributed by atoms with Crippen molar-refractivity contribution in [2.75, 3.05) is 26.0 Å². The van der Waals surface area contributed by atoms with Gasteiger partial charge in [-0.15, -0.1) is 22.7 Å². The first-order valence-electron chi connectivity index (χ1n) is 8.85. The molecule has 1 amide bonds. The number of nitrogens with one attached hydrogen (secondary N) is 1. The first-order valence-corrected chi connectivity index (χ1v) is 10.5. The number of nitrogens with zero attached hydrogens (tertiary/aromatic N) is 2. The van der Waals surface area contributed by atoms with Crippen molar-refractivity contribution >= 4 is 49.8 Å². The van der Waals surface area contributed by atoms with E-state index in [0.29, 0.717) is 10.6 Å². The molecule has 1 N–H and O–H groups in total. The van der Waals surface area contributed by atoms with E-state index in [4.69, 9.17) is 4.74 Å². The minimum Gasteiger partial charge on any atom is -0.465 e. The predicted octanol–water partition coefficient (Wildman–Crippen LogP) is 4.39. The molecule has 0 spiro atoms. The van der Waals surface area contributed by atoms with Gasteiger partial charge in [-0.2, -0.15) is 0 Å². The Labute approximate surface area is 172 Å². The highest BCUT2D eigenvalue weighted by Crippen LogP contribution is 2.33. The number of rotatable bonds is 6. The van der Waals surface area contributed by atoms with Crippen molar-refractivity contribution in [1.29, 1.82) is 0 Å². The van der Waals surface area contributed by atoms with Crippen molar-refractivity contribution in [3.05, 3.63) is 45.3 Å². The van der Waals surface area contributed by atoms with E-state index in [1.807, 2.05) is 57.0 Å². The van der Waals surface area contributed by atoms with Gasteiger partial charge in [0.25, 0.3) is 0 Å². The number of benzene rings is 1. The first kappa shape index (κ1) is 20.4. The van der Waals surface area contributed by atoms with Gasteiger partial charge in [-0.3, -0.25) is 9.69 Å². The summed E-state index contributed by atoms with van der Waals surface area (Å²) in [6.07, 6.45) is 0. The molecule has 3 aromatic rings. The van der Waals surface area contributed by atoms with Crippen LogP contribution in [0, 0.1) is 13.8 Å². The molecule has 0 bridgehead atoms. The maximum absolute atomic E-state index is 12.6. The van der Waals surface area contributed by atoms with Gasteiger partial charge < -0.3 is 10.1 Å². The number of anilines is 1. The smallest absolute Gasteiger partial charge is 0.341 e. The third kappa shape index (κ3) is 4.09. The van der Waals surface area contributed by atoms with Gasteiger partial charge in [0.2, 0.25) is 5.91 Å². The van der Waals surface area contributed by atoms with E-state index in [1.54, 1.807) is 11.3 Å². The number of carbonyl (C=O) groups is 2. The number of thiophene rings is 1. The van der Waals surface area contributed by atoms with E-state index in [0.717, 1.165) is 25.7 Å². The van der Waals surface area contributed by atoms with E-state index in [2.05, 4.69) is 10.3 Å². The molecule has 28 heavy (non-hydrogen) atoms. The standard InChI is InChI=1S/C20H23N3O3S2/c1-11-13(3)27-19(17(11)20(25)26-5)22-16(24)10-23(4)12(2)18-21-14-8-6-7-9-15(14)28-18/h6-9,12H,10H2,1-5H3,(H,22,24)/t12-/m1/s1. The normalized spacial score (nSPS) is 12.4. The number of ether oxygens (including phenoxy) is 1. The molecule has 6 nitrogen and oxygen atoms in total. The second-order valence-corrected chi connectivity index (χ2v) is 8.93. The average Bonchev–Trinajstić information content (AvgIpc) is 3.21. The molecular formula is C20H23N3O3S2. The summed E-state index contributed by atoms with van der Waals surface area (Å²) in [5, 5.41) is 4.37. The number of aromatic nitrogens is 1. The highest BCUT2D eigenvalue weighted by Gasteiger charge is 2.23. The first-order chi connectivity index (χ1) is 13.3. The second kappa shape index (κ2) is 8.38. The van der Waals surface area contributed by atoms with Crippen molar-refractivity contribution in [2.24, 2.45) is 0 Å². The Morgan fingerprint density at radius 3 is 2.64 bits per heavy atom. The Morgan fingerprint density at radius 2 is 1.96 bits per heavy atom. The Balaban J connectivity index is 1.71. The molecule has 0 aliphatic heterocycles. The summed E-state index contributed by atoms with van der Waals surface area (Å²) in [6.45, 7) is 6.00. The molecule has 0 unspecified atom stereocenters. The number of amides is 1. The maximum atomic E-state index is 12.6. The number of hydrogen-bond donors (Lipinski definition) is 1. The zero-order valence-electron chi connectivity index (χ0n) is 16.5. The van der Waals surface area contributed by atoms with Gasteiger partial charge in [0, 0.05) is 4.88 Å². The van der Waals surface area contributed by atoms with Crippen LogP contribution in [0.2, 0.25) is 0 Å². The van der Waals surface area contributed by atoms with Crippen molar-refractivity contribution in [3.8, 4) is 0 Å². The van der Waals surface area contributed by atoms with Gasteiger partial charge in [0.1, 0.15) is 10.0 Å². The van der Waals surface area contributed by atoms with E-state index >= 15 is 0 Å². The van der Waals surface area contributed by atoms with Gasteiger partial charge in [-0.25, -0.2) is 9.78 Å². The molecule has 0 fully saturated rings. The number of para-hydroxylation sites is 1. The minimum absolute atomic E-state index is 0.00460. The number of fused-ring (bicyclic) bond motifs is 1. The van der Waals surface area contributed by atoms with Crippen molar-refractivity contribution < 1.29 is 14.3 Å². The number of carbonyl (C=O) groups excluding carboxylic acids is 2. The molecule has 1 aromatic carbocycles. The van der Waals surface area contributed by atoms with Crippen LogP contribution < -0.4 is 5.32 Å². The van der Waals surface area contributed by atoms with Crippen LogP contribution in [0.3, 0.4) is 0 Å². The molecule has 148 valence electrons. The highest BCUT2D eigenvalue weighted by atomic mass is 32.1. The largest absolute Gasteiger partial charge is 0.465 e. The molecule has 1 atom stereocenters. The summed E-state index contributed by atoms with van der Waals surface area (Å²) in [5.74, 6) is -0.616. The summed E-state index contributed by atoms with van der Waals surface area (Å²) < 4.78 is 5.99. The Bertz CT molecular complexity index is 992. The third-order valence-corrected chi connectivity index (χ3v) is 7.08. The van der Waals surface area contributed by atoms with E-state index < -0.39 is 5.97 Å². The highest BCUT2D eigenvalue weighted by molar-refractivity contribution is 7.18. The fourth-order valence-electron chi connectivity index (χ4n) is 2.85. The zero-order valence-corrected chi connectivity index (χ0v) is 18.2. The van der Waals surface area contributed by atoms with Crippen LogP contribution in [0.25, 0.3) is 10.2 Å². The molecule has 0 aliphatic rings. The van der Waals surface area contributed by atoms with Crippen molar-refractivity contribution in [1.82, 2.24) is 9.88 Å². The number of aryl methyl sites for hydroxylation is 1. The van der Waals surface area contributed by atoms with E-state index in [1.165, 1.54) is 18.4 Å². The lowest BCUT2D eigenvalue weighted by molar-refractivity contribution is -0.117. The topological polar surface area (TPSA) is 71.5 Å². The Hall–Kier alpha value is -2.29. The van der Waals surface area contributed by atoms with Crippen LogP contribution >= 0.6 is 22.7 Å². The molecular weight excluding hydrogens is 394 g/mol. The molecule has 8 heteroatoms. The van der Waals surface area contributed by atoms with Crippen LogP contribution in [0.5, 0.6) is 0 Å². The van der Waals surface area contributed by atoms with Gasteiger partial charge in [0.05, 0.1) is 35.5 Å². The van der Waals surface area contributed by atoms with Gasteiger partial charge in [0.15, 0.2) is 0 Å². The van der Waals surface area contributed by atoms with Gasteiger partial charge in [-0.05, 0) is 45.5 Å². The average molecular weight is 418 g/mol. The second-order valence-electron chi connectivity index (χ2n) is 6.64. The quantitative estimate of drug-likeness (QED) is 0.602. The number of esters is 1. The number of hydrogen-bond acceptors (Lipinski definition) is 7. The van der Waals surface area contributed by atoms with Crippen molar-refractivity contribution in [3.63, 3.8) is 0 Å². The maximum Gasteiger partial charge on any atom is 0.341 e. The summed E-state index contributed by atoms with van der Waals surface area (Å²) in [7, 11) is 3.23. The zero-order chi connectivity index (χ0) is 20.4. The van der Waals surface area contributed by atoms with Crippen LogP contribution in [0.15, 0.2) is 24.3 Å². The van der Waals surface area contributed by atoms with E-state index in [-0.39, 0.29) is 18.5 Å². The van der Waals surface area contributed by atoms with Crippen LogP contribution in [0.4, 0.5) is 5.00 Å². The number of likely N-dealkylation sites (N-methyl/N-ethyl adjacent to an activating group) is 1. The molecule has 2 aromatic heterocycles. The SMILES string of the molecule is COC(=O)c1c(NC(=O)CN(C)[C@H](C)c2nc3ccccc3s2)sc(C)c1C. The third-order valence-electron chi connectivity index (χ3n) is 4.75. The number of thiazole rings is 1. The fourth-order valence-corrected chi connectivity index (χ4v) is 5.00. The minimum atomic E-state index is -0.437. The summed E-state index contributed by atoms with van der Waals surface area (Å²) in [4.78, 5) is 32.3. The van der Waals surface area contributed by atoms with Crippen LogP contribution in [-0.4, -0.2) is 42.5 Å². The monoisotopic (exact) mass is 417 g/mol. The van der Waals surface area contributed by atoms with Gasteiger partial charge >= 0.3 is 5.97 Å². The summed E-state index contributed by atoms with van der Waals surface area (Å²) in [5.41, 5.74) is 2.24. The molecule has 0 saturated carbocycles. The van der Waals surface area contributed by atoms with Gasteiger partial charge in [-0.1, -0.05) is 12.1 Å². The lowest BCUT2D eigenvalue weighted by Crippen LogP contribution is -2.32. The lowest BCUT2D eigenvalue weighted by atomic mass is 10.1. The van der Waals surface area contributed by atoms with Crippen LogP contribution in [-0.2, 0) is 9.53 Å². The predicted molar refractivity (Wildman–Crippen MR) is 114 cm³/mol. The molecule has 0 aliphatic carbocycles. The number of methoxy groups -OCH3 is 1. The van der Waals surface area contributed by atoms with Crippen molar-refractivity contribution in [2.45, 2.75) is 26.8 Å². The Morgan fingerprint density at radius 1 is 1.25 bits per heavy atom.